The van der Waals surface area contributed by atoms with Gasteiger partial charge in [-0.25, -0.2) is 0 Å². The Kier molecular flexibility index (Phi) is 2.36. The number of nitrogens with zero attached hydrogens (tertiary/aromatic N) is 1. The molecule has 96 valence electrons. The molecule has 0 atom stereocenters. The first-order chi connectivity index (χ1) is 9.81. The maximum Gasteiger partial charge on any atom is 0.135 e. The van der Waals surface area contributed by atoms with Gasteiger partial charge in [-0.2, -0.15) is 0 Å². The molecule has 2 nitrogen and oxygen atoms in total. The molecule has 0 saturated carbocycles. The van der Waals surface area contributed by atoms with Crippen LogP contribution in [-0.4, -0.2) is 4.98 Å². The molecule has 2 aromatic carbocycles. The summed E-state index contributed by atoms with van der Waals surface area (Å²) in [6.07, 6.45) is 1.85. The van der Waals surface area contributed by atoms with E-state index in [9.17, 15) is 0 Å². The van der Waals surface area contributed by atoms with E-state index in [0.717, 1.165) is 27.6 Å². The molecule has 0 saturated heterocycles. The summed E-state index contributed by atoms with van der Waals surface area (Å²) in [4.78, 5) is 4.25. The Morgan fingerprint density at radius 1 is 0.800 bits per heavy atom. The molecule has 0 amide bonds. The lowest BCUT2D eigenvalue weighted by atomic mass is 10.0. The summed E-state index contributed by atoms with van der Waals surface area (Å²) < 4.78 is 5.85. The molecule has 0 aliphatic rings. The Morgan fingerprint density at radius 3 is 2.50 bits per heavy atom. The number of rotatable bonds is 1. The Bertz CT molecular complexity index is 921. The number of aromatic nitrogens is 1. The van der Waals surface area contributed by atoms with Crippen LogP contribution in [-0.2, 0) is 0 Å². The van der Waals surface area contributed by atoms with Gasteiger partial charge in [0.1, 0.15) is 11.2 Å². The first-order valence-corrected chi connectivity index (χ1v) is 6.65. The molecule has 0 spiro atoms. The Morgan fingerprint density at radius 2 is 1.60 bits per heavy atom. The van der Waals surface area contributed by atoms with Crippen molar-refractivity contribution in [3.05, 3.63) is 66.5 Å². The Balaban J connectivity index is 2.00. The minimum Gasteiger partial charge on any atom is -0.456 e. The highest BCUT2D eigenvalue weighted by Crippen LogP contribution is 2.32. The predicted octanol–water partition coefficient (Wildman–Crippen LogP) is 4.96. The van der Waals surface area contributed by atoms with E-state index in [1.165, 1.54) is 11.1 Å². The van der Waals surface area contributed by atoms with Crippen LogP contribution in [0.4, 0.5) is 0 Å². The summed E-state index contributed by atoms with van der Waals surface area (Å²) >= 11 is 0. The van der Waals surface area contributed by atoms with Crippen molar-refractivity contribution in [1.29, 1.82) is 0 Å². The van der Waals surface area contributed by atoms with E-state index in [-0.39, 0.29) is 0 Å². The summed E-state index contributed by atoms with van der Waals surface area (Å²) in [7, 11) is 0. The van der Waals surface area contributed by atoms with Gasteiger partial charge in [0.2, 0.25) is 0 Å². The van der Waals surface area contributed by atoms with E-state index in [0.29, 0.717) is 0 Å². The SMILES string of the molecule is Cc1cc(-c2ccc3oc4ccccc4c3c2)ccn1. The molecule has 0 N–H and O–H groups in total. The third-order valence-corrected chi connectivity index (χ3v) is 3.61. The lowest BCUT2D eigenvalue weighted by molar-refractivity contribution is 0.669. The third-order valence-electron chi connectivity index (χ3n) is 3.61. The highest BCUT2D eigenvalue weighted by atomic mass is 16.3. The molecule has 0 aliphatic carbocycles. The van der Waals surface area contributed by atoms with Crippen molar-refractivity contribution in [3.63, 3.8) is 0 Å². The minimum atomic E-state index is 0.931. The summed E-state index contributed by atoms with van der Waals surface area (Å²) in [5.74, 6) is 0. The van der Waals surface area contributed by atoms with Crippen LogP contribution in [0.25, 0.3) is 33.1 Å². The molecular weight excluding hydrogens is 246 g/mol. The number of benzene rings is 2. The van der Waals surface area contributed by atoms with Crippen LogP contribution in [0.15, 0.2) is 65.2 Å². The predicted molar refractivity (Wildman–Crippen MR) is 81.7 cm³/mol. The second-order valence-electron chi connectivity index (χ2n) is 5.00. The molecule has 0 aliphatic heterocycles. The number of para-hydroxylation sites is 1. The van der Waals surface area contributed by atoms with E-state index in [4.69, 9.17) is 4.42 Å². The van der Waals surface area contributed by atoms with Gasteiger partial charge in [0.25, 0.3) is 0 Å². The second-order valence-corrected chi connectivity index (χ2v) is 5.00. The van der Waals surface area contributed by atoms with Gasteiger partial charge in [-0.15, -0.1) is 0 Å². The van der Waals surface area contributed by atoms with Gasteiger partial charge in [-0.1, -0.05) is 24.3 Å². The van der Waals surface area contributed by atoms with Crippen LogP contribution < -0.4 is 0 Å². The highest BCUT2D eigenvalue weighted by Gasteiger charge is 2.07. The van der Waals surface area contributed by atoms with E-state index in [1.807, 2.05) is 43.5 Å². The lowest BCUT2D eigenvalue weighted by Gasteiger charge is -2.02. The molecule has 4 rings (SSSR count). The summed E-state index contributed by atoms with van der Waals surface area (Å²) in [6.45, 7) is 2.01. The van der Waals surface area contributed by atoms with Crippen molar-refractivity contribution in [3.8, 4) is 11.1 Å². The largest absolute Gasteiger partial charge is 0.456 e. The topological polar surface area (TPSA) is 26.0 Å². The number of aryl methyl sites for hydroxylation is 1. The van der Waals surface area contributed by atoms with Gasteiger partial charge in [0.15, 0.2) is 0 Å². The number of hydrogen-bond acceptors (Lipinski definition) is 2. The monoisotopic (exact) mass is 259 g/mol. The van der Waals surface area contributed by atoms with Crippen LogP contribution in [0.3, 0.4) is 0 Å². The van der Waals surface area contributed by atoms with Gasteiger partial charge in [0.05, 0.1) is 0 Å². The molecule has 0 bridgehead atoms. The van der Waals surface area contributed by atoms with Crippen molar-refractivity contribution in [2.45, 2.75) is 6.92 Å². The van der Waals surface area contributed by atoms with Crippen LogP contribution in [0.1, 0.15) is 5.69 Å². The number of pyridine rings is 1. The van der Waals surface area contributed by atoms with Crippen molar-refractivity contribution >= 4 is 21.9 Å². The van der Waals surface area contributed by atoms with Crippen molar-refractivity contribution < 1.29 is 4.42 Å². The standard InChI is InChI=1S/C18H13NO/c1-12-10-14(8-9-19-12)13-6-7-18-16(11-13)15-4-2-3-5-17(15)20-18/h2-11H,1H3. The minimum absolute atomic E-state index is 0.931. The molecule has 20 heavy (non-hydrogen) atoms. The molecule has 4 aromatic rings. The van der Waals surface area contributed by atoms with Crippen LogP contribution in [0.2, 0.25) is 0 Å². The van der Waals surface area contributed by atoms with E-state index < -0.39 is 0 Å². The van der Waals surface area contributed by atoms with Crippen LogP contribution >= 0.6 is 0 Å². The maximum atomic E-state index is 5.85. The number of furan rings is 1. The molecule has 0 unspecified atom stereocenters. The second kappa shape index (κ2) is 4.20. The highest BCUT2D eigenvalue weighted by molar-refractivity contribution is 6.06. The van der Waals surface area contributed by atoms with Crippen molar-refractivity contribution in [2.24, 2.45) is 0 Å². The summed E-state index contributed by atoms with van der Waals surface area (Å²) in [5.41, 5.74) is 5.27. The Labute approximate surface area is 116 Å². The van der Waals surface area contributed by atoms with Gasteiger partial charge in [0, 0.05) is 22.7 Å². The van der Waals surface area contributed by atoms with Crippen molar-refractivity contribution in [2.75, 3.05) is 0 Å². The summed E-state index contributed by atoms with van der Waals surface area (Å²) in [6, 6.07) is 18.6. The van der Waals surface area contributed by atoms with Crippen LogP contribution in [0.5, 0.6) is 0 Å². The van der Waals surface area contributed by atoms with Gasteiger partial charge >= 0.3 is 0 Å². The lowest BCUT2D eigenvalue weighted by Crippen LogP contribution is -1.82. The quantitative estimate of drug-likeness (QED) is 0.483. The third kappa shape index (κ3) is 1.69. The molecule has 2 aromatic heterocycles. The fourth-order valence-corrected chi connectivity index (χ4v) is 2.63. The maximum absolute atomic E-state index is 5.85. The molecule has 2 heterocycles. The molecule has 2 heteroatoms. The van der Waals surface area contributed by atoms with Gasteiger partial charge < -0.3 is 4.42 Å². The zero-order valence-corrected chi connectivity index (χ0v) is 11.1. The molecule has 0 fully saturated rings. The first-order valence-electron chi connectivity index (χ1n) is 6.65. The summed E-state index contributed by atoms with van der Waals surface area (Å²) in [5, 5.41) is 2.32. The van der Waals surface area contributed by atoms with E-state index >= 15 is 0 Å². The first kappa shape index (κ1) is 11.2. The van der Waals surface area contributed by atoms with Crippen LogP contribution in [0, 0.1) is 6.92 Å². The smallest absolute Gasteiger partial charge is 0.135 e. The normalized spacial score (nSPS) is 11.2. The number of fused-ring (bicyclic) bond motifs is 3. The van der Waals surface area contributed by atoms with Crippen molar-refractivity contribution in [1.82, 2.24) is 4.98 Å². The van der Waals surface area contributed by atoms with E-state index in [1.54, 1.807) is 0 Å². The fourth-order valence-electron chi connectivity index (χ4n) is 2.63. The number of hydrogen-bond donors (Lipinski definition) is 0. The van der Waals surface area contributed by atoms with Gasteiger partial charge in [-0.05, 0) is 48.4 Å². The molecular formula is C18H13NO. The average molecular weight is 259 g/mol. The average Bonchev–Trinajstić information content (AvgIpc) is 2.85. The Hall–Kier alpha value is -2.61. The zero-order valence-electron chi connectivity index (χ0n) is 11.1. The van der Waals surface area contributed by atoms with E-state index in [2.05, 4.69) is 29.2 Å². The van der Waals surface area contributed by atoms with Gasteiger partial charge in [-0.3, -0.25) is 4.98 Å². The fraction of sp³-hybridized carbons (Fsp3) is 0.0556. The zero-order chi connectivity index (χ0) is 13.5. The molecule has 0 radical (unpaired) electrons.